The van der Waals surface area contributed by atoms with Gasteiger partial charge in [0.15, 0.2) is 0 Å². The van der Waals surface area contributed by atoms with E-state index < -0.39 is 0 Å². The van der Waals surface area contributed by atoms with E-state index in [-0.39, 0.29) is 0 Å². The Balaban J connectivity index is 2.55. The smallest absolute Gasteiger partial charge is 0.0653 e. The third-order valence-corrected chi connectivity index (χ3v) is 2.69. The summed E-state index contributed by atoms with van der Waals surface area (Å²) in [7, 11) is 0. The lowest BCUT2D eigenvalue weighted by atomic mass is 10.0. The van der Waals surface area contributed by atoms with Crippen molar-refractivity contribution in [3.05, 3.63) is 47.8 Å². The summed E-state index contributed by atoms with van der Waals surface area (Å²) in [5, 5.41) is 0. The van der Waals surface area contributed by atoms with E-state index in [9.17, 15) is 0 Å². The Morgan fingerprint density at radius 1 is 1.25 bits per heavy atom. The molecule has 0 atom stereocenters. The second kappa shape index (κ2) is 4.54. The Labute approximate surface area is 100 Å². The Morgan fingerprint density at radius 3 is 2.75 bits per heavy atom. The standard InChI is InChI=1S/C13H13ClN2/c1-9-5-6-12(13(8-14)16-9)10-3-2-4-11(15)7-10/h2-7H,8,15H2,1H3. The number of benzene rings is 1. The lowest BCUT2D eigenvalue weighted by molar-refractivity contribution is 1.11. The van der Waals surface area contributed by atoms with Crippen LogP contribution in [0.4, 0.5) is 5.69 Å². The van der Waals surface area contributed by atoms with Gasteiger partial charge in [0.1, 0.15) is 0 Å². The molecule has 1 aromatic carbocycles. The van der Waals surface area contributed by atoms with Crippen molar-refractivity contribution in [2.75, 3.05) is 5.73 Å². The Bertz CT molecular complexity index is 509. The summed E-state index contributed by atoms with van der Waals surface area (Å²) in [6.07, 6.45) is 0. The molecule has 0 spiro atoms. The lowest BCUT2D eigenvalue weighted by Gasteiger charge is -2.08. The van der Waals surface area contributed by atoms with E-state index in [1.165, 1.54) is 0 Å². The van der Waals surface area contributed by atoms with Crippen LogP contribution in [-0.4, -0.2) is 4.98 Å². The van der Waals surface area contributed by atoms with Gasteiger partial charge in [-0.15, -0.1) is 11.6 Å². The number of rotatable bonds is 2. The Morgan fingerprint density at radius 2 is 2.06 bits per heavy atom. The normalized spacial score (nSPS) is 10.4. The monoisotopic (exact) mass is 232 g/mol. The molecule has 0 saturated carbocycles. The van der Waals surface area contributed by atoms with E-state index in [1.54, 1.807) is 0 Å². The molecule has 0 unspecified atom stereocenters. The highest BCUT2D eigenvalue weighted by molar-refractivity contribution is 6.17. The van der Waals surface area contributed by atoms with Gasteiger partial charge in [0.2, 0.25) is 0 Å². The molecule has 1 heterocycles. The van der Waals surface area contributed by atoms with E-state index in [0.29, 0.717) is 5.88 Å². The summed E-state index contributed by atoms with van der Waals surface area (Å²) in [6.45, 7) is 1.96. The number of anilines is 1. The van der Waals surface area contributed by atoms with Gasteiger partial charge in [-0.3, -0.25) is 4.98 Å². The number of nitrogens with two attached hydrogens (primary N) is 1. The molecular formula is C13H13ClN2. The average Bonchev–Trinajstić information content (AvgIpc) is 2.28. The molecule has 0 amide bonds. The van der Waals surface area contributed by atoms with Crippen LogP contribution in [0, 0.1) is 6.92 Å². The molecule has 0 aliphatic carbocycles. The molecule has 2 rings (SSSR count). The second-order valence-corrected chi connectivity index (χ2v) is 3.97. The molecule has 3 heteroatoms. The number of nitrogen functional groups attached to an aromatic ring is 1. The highest BCUT2D eigenvalue weighted by Gasteiger charge is 2.06. The number of halogens is 1. The molecule has 82 valence electrons. The maximum absolute atomic E-state index is 5.90. The minimum Gasteiger partial charge on any atom is -0.399 e. The number of hydrogen-bond acceptors (Lipinski definition) is 2. The van der Waals surface area contributed by atoms with Gasteiger partial charge in [0.05, 0.1) is 11.6 Å². The second-order valence-electron chi connectivity index (χ2n) is 3.71. The van der Waals surface area contributed by atoms with E-state index in [2.05, 4.69) is 4.98 Å². The number of alkyl halides is 1. The maximum Gasteiger partial charge on any atom is 0.0653 e. The van der Waals surface area contributed by atoms with Crippen molar-refractivity contribution < 1.29 is 0 Å². The van der Waals surface area contributed by atoms with E-state index in [0.717, 1.165) is 28.2 Å². The molecule has 2 N–H and O–H groups in total. The quantitative estimate of drug-likeness (QED) is 0.637. The van der Waals surface area contributed by atoms with E-state index in [1.807, 2.05) is 43.3 Å². The van der Waals surface area contributed by atoms with Gasteiger partial charge in [-0.25, -0.2) is 0 Å². The van der Waals surface area contributed by atoms with Crippen molar-refractivity contribution in [3.8, 4) is 11.1 Å². The van der Waals surface area contributed by atoms with Gasteiger partial charge >= 0.3 is 0 Å². The predicted molar refractivity (Wildman–Crippen MR) is 68.4 cm³/mol. The van der Waals surface area contributed by atoms with Crippen LogP contribution >= 0.6 is 11.6 Å². The van der Waals surface area contributed by atoms with Crippen molar-refractivity contribution in [3.63, 3.8) is 0 Å². The highest BCUT2D eigenvalue weighted by atomic mass is 35.5. The third kappa shape index (κ3) is 2.17. The molecular weight excluding hydrogens is 220 g/mol. The molecule has 0 saturated heterocycles. The SMILES string of the molecule is Cc1ccc(-c2cccc(N)c2)c(CCl)n1. The Hall–Kier alpha value is -1.54. The first-order valence-electron chi connectivity index (χ1n) is 5.09. The van der Waals surface area contributed by atoms with Gasteiger partial charge in [0, 0.05) is 16.9 Å². The summed E-state index contributed by atoms with van der Waals surface area (Å²) < 4.78 is 0. The van der Waals surface area contributed by atoms with Crippen LogP contribution in [0.5, 0.6) is 0 Å². The lowest BCUT2D eigenvalue weighted by Crippen LogP contribution is -1.94. The van der Waals surface area contributed by atoms with Gasteiger partial charge in [-0.2, -0.15) is 0 Å². The minimum atomic E-state index is 0.409. The average molecular weight is 233 g/mol. The number of aromatic nitrogens is 1. The van der Waals surface area contributed by atoms with Crippen molar-refractivity contribution in [2.45, 2.75) is 12.8 Å². The first-order chi connectivity index (χ1) is 7.70. The first kappa shape index (κ1) is 11.0. The zero-order chi connectivity index (χ0) is 11.5. The molecule has 0 bridgehead atoms. The molecule has 16 heavy (non-hydrogen) atoms. The molecule has 0 aliphatic heterocycles. The van der Waals surface area contributed by atoms with Crippen LogP contribution in [0.1, 0.15) is 11.4 Å². The zero-order valence-electron chi connectivity index (χ0n) is 9.07. The molecule has 1 aromatic heterocycles. The Kier molecular flexibility index (Phi) is 3.11. The van der Waals surface area contributed by atoms with Gasteiger partial charge in [0.25, 0.3) is 0 Å². The van der Waals surface area contributed by atoms with Crippen molar-refractivity contribution >= 4 is 17.3 Å². The van der Waals surface area contributed by atoms with E-state index >= 15 is 0 Å². The topological polar surface area (TPSA) is 38.9 Å². The largest absolute Gasteiger partial charge is 0.399 e. The van der Waals surface area contributed by atoms with Crippen LogP contribution in [0.2, 0.25) is 0 Å². The summed E-state index contributed by atoms with van der Waals surface area (Å²) in [6, 6.07) is 11.8. The molecule has 0 fully saturated rings. The minimum absolute atomic E-state index is 0.409. The summed E-state index contributed by atoms with van der Waals surface area (Å²) in [5.41, 5.74) is 10.5. The van der Waals surface area contributed by atoms with Crippen molar-refractivity contribution in [1.82, 2.24) is 4.98 Å². The predicted octanol–water partition coefficient (Wildman–Crippen LogP) is 3.38. The molecule has 0 radical (unpaired) electrons. The maximum atomic E-state index is 5.90. The zero-order valence-corrected chi connectivity index (χ0v) is 9.83. The van der Waals surface area contributed by atoms with Gasteiger partial charge < -0.3 is 5.73 Å². The number of pyridine rings is 1. The highest BCUT2D eigenvalue weighted by Crippen LogP contribution is 2.25. The van der Waals surface area contributed by atoms with Gasteiger partial charge in [-0.1, -0.05) is 18.2 Å². The van der Waals surface area contributed by atoms with Crippen molar-refractivity contribution in [1.29, 1.82) is 0 Å². The molecule has 2 nitrogen and oxygen atoms in total. The summed E-state index contributed by atoms with van der Waals surface area (Å²) in [5.74, 6) is 0.409. The third-order valence-electron chi connectivity index (χ3n) is 2.44. The fraction of sp³-hybridized carbons (Fsp3) is 0.154. The molecule has 0 aliphatic rings. The van der Waals surface area contributed by atoms with Crippen LogP contribution < -0.4 is 5.73 Å². The fourth-order valence-corrected chi connectivity index (χ4v) is 1.89. The van der Waals surface area contributed by atoms with Crippen molar-refractivity contribution in [2.24, 2.45) is 0 Å². The van der Waals surface area contributed by atoms with Crippen LogP contribution in [-0.2, 0) is 5.88 Å². The van der Waals surface area contributed by atoms with Crippen LogP contribution in [0.25, 0.3) is 11.1 Å². The number of aryl methyl sites for hydroxylation is 1. The molecule has 2 aromatic rings. The summed E-state index contributed by atoms with van der Waals surface area (Å²) in [4.78, 5) is 4.42. The fourth-order valence-electron chi connectivity index (χ4n) is 1.68. The first-order valence-corrected chi connectivity index (χ1v) is 5.62. The number of hydrogen-bond donors (Lipinski definition) is 1. The summed E-state index contributed by atoms with van der Waals surface area (Å²) >= 11 is 5.90. The van der Waals surface area contributed by atoms with Crippen LogP contribution in [0.15, 0.2) is 36.4 Å². The van der Waals surface area contributed by atoms with Crippen LogP contribution in [0.3, 0.4) is 0 Å². The van der Waals surface area contributed by atoms with E-state index in [4.69, 9.17) is 17.3 Å². The van der Waals surface area contributed by atoms with Gasteiger partial charge in [-0.05, 0) is 30.7 Å². The number of nitrogens with zero attached hydrogens (tertiary/aromatic N) is 1.